The van der Waals surface area contributed by atoms with Crippen molar-refractivity contribution in [2.75, 3.05) is 0 Å². The van der Waals surface area contributed by atoms with Gasteiger partial charge in [-0.1, -0.05) is 39.7 Å². The Morgan fingerprint density at radius 3 is 2.93 bits per heavy atom. The standard InChI is InChI=1S/C12H17BrN2/c1-3-4-5-12(15-14)10-8-9(2)6-7-11(10)13/h3,6-8,12,15H,1,4-5,14H2,2H3. The van der Waals surface area contributed by atoms with E-state index in [0.29, 0.717) is 0 Å². The summed E-state index contributed by atoms with van der Waals surface area (Å²) in [5, 5.41) is 0. The van der Waals surface area contributed by atoms with Crippen LogP contribution in [-0.2, 0) is 0 Å². The van der Waals surface area contributed by atoms with Crippen LogP contribution in [0.5, 0.6) is 0 Å². The van der Waals surface area contributed by atoms with Crippen molar-refractivity contribution in [3.05, 3.63) is 46.5 Å². The van der Waals surface area contributed by atoms with Gasteiger partial charge in [-0.2, -0.15) is 0 Å². The number of nitrogens with two attached hydrogens (primary N) is 1. The van der Waals surface area contributed by atoms with E-state index in [-0.39, 0.29) is 6.04 Å². The predicted molar refractivity (Wildman–Crippen MR) is 68.4 cm³/mol. The van der Waals surface area contributed by atoms with Crippen molar-refractivity contribution in [2.45, 2.75) is 25.8 Å². The molecule has 0 fully saturated rings. The molecular weight excluding hydrogens is 252 g/mol. The molecule has 0 aliphatic rings. The Bertz CT molecular complexity index is 336. The van der Waals surface area contributed by atoms with Gasteiger partial charge in [-0.15, -0.1) is 6.58 Å². The van der Waals surface area contributed by atoms with Gasteiger partial charge in [0.15, 0.2) is 0 Å². The van der Waals surface area contributed by atoms with E-state index in [2.05, 4.69) is 53.1 Å². The number of aryl methyl sites for hydroxylation is 1. The summed E-state index contributed by atoms with van der Waals surface area (Å²) in [4.78, 5) is 0. The SMILES string of the molecule is C=CCCC(NN)c1cc(C)ccc1Br. The lowest BCUT2D eigenvalue weighted by molar-refractivity contribution is 0.519. The van der Waals surface area contributed by atoms with Gasteiger partial charge in [0.1, 0.15) is 0 Å². The molecule has 0 spiro atoms. The molecule has 0 aliphatic carbocycles. The Balaban J connectivity index is 2.89. The summed E-state index contributed by atoms with van der Waals surface area (Å²) >= 11 is 3.54. The second-order valence-electron chi connectivity index (χ2n) is 3.61. The van der Waals surface area contributed by atoms with Crippen LogP contribution in [0.3, 0.4) is 0 Å². The maximum absolute atomic E-state index is 5.56. The number of nitrogens with one attached hydrogen (secondary N) is 1. The molecule has 1 aromatic rings. The summed E-state index contributed by atoms with van der Waals surface area (Å²) < 4.78 is 1.10. The monoisotopic (exact) mass is 268 g/mol. The third-order valence-electron chi connectivity index (χ3n) is 2.39. The quantitative estimate of drug-likeness (QED) is 0.489. The molecule has 2 nitrogen and oxygen atoms in total. The van der Waals surface area contributed by atoms with Gasteiger partial charge in [0.25, 0.3) is 0 Å². The van der Waals surface area contributed by atoms with E-state index in [1.807, 2.05) is 6.08 Å². The van der Waals surface area contributed by atoms with Gasteiger partial charge in [0, 0.05) is 10.5 Å². The Labute approximate surface area is 99.7 Å². The highest BCUT2D eigenvalue weighted by Gasteiger charge is 2.11. The Hall–Kier alpha value is -0.640. The normalized spacial score (nSPS) is 12.5. The minimum absolute atomic E-state index is 0.178. The molecule has 0 aliphatic heterocycles. The number of hydrazine groups is 1. The average Bonchev–Trinajstić information content (AvgIpc) is 2.24. The molecule has 1 aromatic carbocycles. The first-order valence-corrected chi connectivity index (χ1v) is 5.81. The topological polar surface area (TPSA) is 38.0 Å². The Morgan fingerprint density at radius 2 is 2.33 bits per heavy atom. The number of halogens is 1. The summed E-state index contributed by atoms with van der Waals surface area (Å²) in [7, 11) is 0. The Kier molecular flexibility index (Phi) is 5.02. The minimum atomic E-state index is 0.178. The van der Waals surface area contributed by atoms with Gasteiger partial charge in [-0.25, -0.2) is 0 Å². The van der Waals surface area contributed by atoms with Gasteiger partial charge >= 0.3 is 0 Å². The molecule has 0 aromatic heterocycles. The smallest absolute Gasteiger partial charge is 0.0474 e. The average molecular weight is 269 g/mol. The van der Waals surface area contributed by atoms with Crippen LogP contribution in [0.25, 0.3) is 0 Å². The molecule has 1 unspecified atom stereocenters. The number of benzene rings is 1. The molecule has 0 saturated carbocycles. The van der Waals surface area contributed by atoms with Gasteiger partial charge in [0.05, 0.1) is 0 Å². The first kappa shape index (κ1) is 12.4. The zero-order valence-corrected chi connectivity index (χ0v) is 10.5. The molecule has 0 saturated heterocycles. The lowest BCUT2D eigenvalue weighted by atomic mass is 10.0. The third kappa shape index (κ3) is 3.45. The van der Waals surface area contributed by atoms with E-state index in [1.165, 1.54) is 11.1 Å². The van der Waals surface area contributed by atoms with E-state index < -0.39 is 0 Å². The zero-order chi connectivity index (χ0) is 11.3. The van der Waals surface area contributed by atoms with E-state index in [9.17, 15) is 0 Å². The van der Waals surface area contributed by atoms with Gasteiger partial charge in [-0.05, 0) is 31.4 Å². The molecule has 1 atom stereocenters. The van der Waals surface area contributed by atoms with Crippen molar-refractivity contribution in [2.24, 2.45) is 5.84 Å². The molecule has 3 heteroatoms. The summed E-state index contributed by atoms with van der Waals surface area (Å²) in [6, 6.07) is 6.47. The number of allylic oxidation sites excluding steroid dienone is 1. The highest BCUT2D eigenvalue weighted by atomic mass is 79.9. The van der Waals surface area contributed by atoms with Crippen LogP contribution >= 0.6 is 15.9 Å². The van der Waals surface area contributed by atoms with E-state index >= 15 is 0 Å². The van der Waals surface area contributed by atoms with E-state index in [0.717, 1.165) is 17.3 Å². The lowest BCUT2D eigenvalue weighted by Gasteiger charge is -2.17. The van der Waals surface area contributed by atoms with Crippen LogP contribution in [0.1, 0.15) is 30.0 Å². The first-order chi connectivity index (χ1) is 7.19. The molecule has 0 amide bonds. The highest BCUT2D eigenvalue weighted by Crippen LogP contribution is 2.27. The van der Waals surface area contributed by atoms with Crippen LogP contribution in [0.2, 0.25) is 0 Å². The summed E-state index contributed by atoms with van der Waals surface area (Å²) in [6.45, 7) is 5.80. The zero-order valence-electron chi connectivity index (χ0n) is 8.96. The largest absolute Gasteiger partial charge is 0.271 e. The van der Waals surface area contributed by atoms with Crippen LogP contribution < -0.4 is 11.3 Å². The summed E-state index contributed by atoms with van der Waals surface area (Å²) in [6.07, 6.45) is 3.82. The molecule has 3 N–H and O–H groups in total. The van der Waals surface area contributed by atoms with Crippen LogP contribution in [0.4, 0.5) is 0 Å². The molecule has 15 heavy (non-hydrogen) atoms. The van der Waals surface area contributed by atoms with Crippen LogP contribution in [0, 0.1) is 6.92 Å². The fraction of sp³-hybridized carbons (Fsp3) is 0.333. The Morgan fingerprint density at radius 1 is 1.60 bits per heavy atom. The number of hydrogen-bond donors (Lipinski definition) is 2. The predicted octanol–water partition coefficient (Wildman–Crippen LogP) is 3.23. The van der Waals surface area contributed by atoms with Crippen LogP contribution in [0.15, 0.2) is 35.3 Å². The fourth-order valence-electron chi connectivity index (χ4n) is 1.54. The number of hydrogen-bond acceptors (Lipinski definition) is 2. The van der Waals surface area contributed by atoms with Crippen molar-refractivity contribution in [3.8, 4) is 0 Å². The molecule has 1 rings (SSSR count). The molecular formula is C12H17BrN2. The van der Waals surface area contributed by atoms with Gasteiger partial charge < -0.3 is 0 Å². The first-order valence-electron chi connectivity index (χ1n) is 5.02. The second-order valence-corrected chi connectivity index (χ2v) is 4.46. The molecule has 0 heterocycles. The van der Waals surface area contributed by atoms with Crippen molar-refractivity contribution in [1.82, 2.24) is 5.43 Å². The summed E-state index contributed by atoms with van der Waals surface area (Å²) in [5.74, 6) is 5.56. The van der Waals surface area contributed by atoms with Crippen molar-refractivity contribution in [3.63, 3.8) is 0 Å². The van der Waals surface area contributed by atoms with Crippen molar-refractivity contribution in [1.29, 1.82) is 0 Å². The van der Waals surface area contributed by atoms with Crippen LogP contribution in [-0.4, -0.2) is 0 Å². The maximum Gasteiger partial charge on any atom is 0.0474 e. The third-order valence-corrected chi connectivity index (χ3v) is 3.11. The number of rotatable bonds is 5. The minimum Gasteiger partial charge on any atom is -0.271 e. The molecule has 82 valence electrons. The van der Waals surface area contributed by atoms with E-state index in [4.69, 9.17) is 5.84 Å². The fourth-order valence-corrected chi connectivity index (χ4v) is 2.07. The van der Waals surface area contributed by atoms with E-state index in [1.54, 1.807) is 0 Å². The van der Waals surface area contributed by atoms with Gasteiger partial charge in [-0.3, -0.25) is 11.3 Å². The summed E-state index contributed by atoms with van der Waals surface area (Å²) in [5.41, 5.74) is 5.29. The molecule has 0 bridgehead atoms. The highest BCUT2D eigenvalue weighted by molar-refractivity contribution is 9.10. The molecule has 0 radical (unpaired) electrons. The van der Waals surface area contributed by atoms with Gasteiger partial charge in [0.2, 0.25) is 0 Å². The maximum atomic E-state index is 5.56. The lowest BCUT2D eigenvalue weighted by Crippen LogP contribution is -2.28. The second kappa shape index (κ2) is 6.05. The van der Waals surface area contributed by atoms with Crippen molar-refractivity contribution < 1.29 is 0 Å². The van der Waals surface area contributed by atoms with Crippen molar-refractivity contribution >= 4 is 15.9 Å².